The van der Waals surface area contributed by atoms with Gasteiger partial charge in [-0.2, -0.15) is 23.9 Å². The summed E-state index contributed by atoms with van der Waals surface area (Å²) in [5.74, 6) is 0. The van der Waals surface area contributed by atoms with Crippen LogP contribution in [0.25, 0.3) is 0 Å². The molecule has 0 aliphatic heterocycles. The minimum absolute atomic E-state index is 0.346. The summed E-state index contributed by atoms with van der Waals surface area (Å²) in [4.78, 5) is 1.13. The summed E-state index contributed by atoms with van der Waals surface area (Å²) in [7, 11) is 8.37. The Bertz CT molecular complexity index is 2190. The summed E-state index contributed by atoms with van der Waals surface area (Å²) in [6.45, 7) is 1.60. The summed E-state index contributed by atoms with van der Waals surface area (Å²) < 4.78 is 0. The van der Waals surface area contributed by atoms with Crippen molar-refractivity contribution in [3.05, 3.63) is 302 Å². The zero-order valence-corrected chi connectivity index (χ0v) is 43.5. The molecule has 0 radical (unpaired) electrons. The Morgan fingerprint density at radius 1 is 0.284 bits per heavy atom. The van der Waals surface area contributed by atoms with E-state index < -0.39 is 23.8 Å². The van der Waals surface area contributed by atoms with E-state index in [1.807, 2.05) is 17.5 Å². The average Bonchev–Trinajstić information content (AvgIpc) is 3.95. The topological polar surface area (TPSA) is 26.0 Å². The van der Waals surface area contributed by atoms with Gasteiger partial charge in [0, 0.05) is 0 Å². The molecule has 1 heterocycles. The molecule has 0 aliphatic rings. The molecule has 67 heavy (non-hydrogen) atoms. The van der Waals surface area contributed by atoms with Crippen LogP contribution in [0, 0.1) is 6.54 Å². The van der Waals surface area contributed by atoms with Crippen LogP contribution in [-0.4, -0.2) is 0 Å². The van der Waals surface area contributed by atoms with E-state index in [0.717, 1.165) is 4.88 Å². The fourth-order valence-corrected chi connectivity index (χ4v) is 14.4. The van der Waals surface area contributed by atoms with Gasteiger partial charge in [-0.15, -0.1) is 10.9 Å². The SMILES string of the molecule is N[CH-]c1cccs1.[Cl][Ru][Cl].c1ccc(P(c2ccccc2)c2ccccc2)cc1.c1ccc(P(c2ccccc2)c2ccccc2)cc1.c1ccc(P(c2ccccc2)c2ccccc2)cc1. The minimum atomic E-state index is -0.446. The van der Waals surface area contributed by atoms with Crippen molar-refractivity contribution in [1.82, 2.24) is 0 Å². The molecule has 0 unspecified atom stereocenters. The van der Waals surface area contributed by atoms with Crippen molar-refractivity contribution in [2.75, 3.05) is 0 Å². The van der Waals surface area contributed by atoms with Crippen LogP contribution < -0.4 is 53.5 Å². The first kappa shape index (κ1) is 51.4. The molecule has 0 aliphatic carbocycles. The number of benzene rings is 9. The van der Waals surface area contributed by atoms with Crippen molar-refractivity contribution < 1.29 is 15.1 Å². The van der Waals surface area contributed by atoms with Crippen LogP contribution in [0.2, 0.25) is 0 Å². The largest absolute Gasteiger partial charge is 0.0622 e. The van der Waals surface area contributed by atoms with Gasteiger partial charge in [0.1, 0.15) is 0 Å². The Balaban J connectivity index is 0.000000150. The molecular formula is C59H51Cl2NP3RuS-. The van der Waals surface area contributed by atoms with Crippen LogP contribution in [0.15, 0.2) is 290 Å². The molecule has 10 rings (SSSR count). The standard InChI is InChI=1S/3C18H15P.C5H6NS.2ClH.Ru/c3*1-4-10-16(11-5-1)19(17-12-6-2-7-13-17)18-14-8-3-9-15-18;6-4-5-2-1-3-7-5;;;/h3*1-15H;1-4H,6H2;2*1H;/q;;;-1;;;+2/p-2. The van der Waals surface area contributed by atoms with Gasteiger partial charge in [0.05, 0.1) is 0 Å². The fourth-order valence-electron chi connectivity index (χ4n) is 6.92. The van der Waals surface area contributed by atoms with E-state index in [1.54, 1.807) is 17.9 Å². The quantitative estimate of drug-likeness (QED) is 0.0824. The van der Waals surface area contributed by atoms with Gasteiger partial charge in [0.25, 0.3) is 0 Å². The van der Waals surface area contributed by atoms with E-state index >= 15 is 0 Å². The number of nitrogens with two attached hydrogens (primary N) is 1. The van der Waals surface area contributed by atoms with Crippen molar-refractivity contribution in [2.24, 2.45) is 5.73 Å². The normalized spacial score (nSPS) is 10.2. The monoisotopic (exact) mass is 1070 g/mol. The van der Waals surface area contributed by atoms with Gasteiger partial charge in [-0.1, -0.05) is 273 Å². The molecule has 0 saturated heterocycles. The van der Waals surface area contributed by atoms with Crippen LogP contribution in [-0.2, 0) is 15.1 Å². The van der Waals surface area contributed by atoms with Gasteiger partial charge in [-0.25, -0.2) is 0 Å². The fraction of sp³-hybridized carbons (Fsp3) is 0. The maximum absolute atomic E-state index is 5.18. The molecule has 0 fully saturated rings. The van der Waals surface area contributed by atoms with Gasteiger partial charge >= 0.3 is 34.5 Å². The van der Waals surface area contributed by atoms with Crippen LogP contribution in [0.3, 0.4) is 0 Å². The predicted octanol–water partition coefficient (Wildman–Crippen LogP) is 12.9. The van der Waals surface area contributed by atoms with Crippen molar-refractivity contribution in [2.45, 2.75) is 0 Å². The molecule has 0 spiro atoms. The molecule has 0 atom stereocenters. The summed E-state index contributed by atoms with van der Waals surface area (Å²) in [5, 5.41) is 14.6. The van der Waals surface area contributed by atoms with Crippen LogP contribution in [0.4, 0.5) is 0 Å². The second kappa shape index (κ2) is 30.4. The molecule has 0 amide bonds. The Morgan fingerprint density at radius 3 is 0.552 bits per heavy atom. The molecule has 2 N–H and O–H groups in total. The molecule has 10 aromatic rings. The van der Waals surface area contributed by atoms with Gasteiger partial charge in [-0.05, 0) is 76.9 Å². The number of hydrogen-bond donors (Lipinski definition) is 1. The number of hydrogen-bond acceptors (Lipinski definition) is 2. The van der Waals surface area contributed by atoms with Gasteiger partial charge in [-0.3, -0.25) is 0 Å². The Hall–Kier alpha value is -5.00. The van der Waals surface area contributed by atoms with Gasteiger partial charge in [0.2, 0.25) is 0 Å². The van der Waals surface area contributed by atoms with Crippen molar-refractivity contribution in [3.63, 3.8) is 0 Å². The Morgan fingerprint density at radius 2 is 0.448 bits per heavy atom. The van der Waals surface area contributed by atoms with E-state index in [4.69, 9.17) is 25.1 Å². The molecule has 9 aromatic carbocycles. The number of rotatable bonds is 10. The zero-order valence-electron chi connectivity index (χ0n) is 36.7. The summed E-state index contributed by atoms with van der Waals surface area (Å²) in [6, 6.07) is 101. The second-order valence-electron chi connectivity index (χ2n) is 14.3. The van der Waals surface area contributed by atoms with Crippen molar-refractivity contribution in [1.29, 1.82) is 0 Å². The van der Waals surface area contributed by atoms with E-state index in [9.17, 15) is 0 Å². The van der Waals surface area contributed by atoms with E-state index in [0.29, 0.717) is 0 Å². The summed E-state index contributed by atoms with van der Waals surface area (Å²) in [6.07, 6.45) is 0. The maximum Gasteiger partial charge on any atom is -0.0134 e. The third kappa shape index (κ3) is 16.9. The first-order valence-corrected chi connectivity index (χ1v) is 30.9. The summed E-state index contributed by atoms with van der Waals surface area (Å²) >= 11 is 1.30. The molecule has 1 nitrogen and oxygen atoms in total. The molecule has 0 bridgehead atoms. The third-order valence-corrected chi connectivity index (χ3v) is 18.0. The van der Waals surface area contributed by atoms with Crippen molar-refractivity contribution in [3.8, 4) is 0 Å². The van der Waals surface area contributed by atoms with E-state index in [1.165, 1.54) is 47.7 Å². The van der Waals surface area contributed by atoms with E-state index in [2.05, 4.69) is 273 Å². The molecule has 1 aromatic heterocycles. The number of thiophene rings is 1. The third-order valence-electron chi connectivity index (χ3n) is 9.84. The first-order valence-electron chi connectivity index (χ1n) is 21.5. The molecular weight excluding hydrogens is 1020 g/mol. The smallest absolute Gasteiger partial charge is 0.0134 e. The predicted molar refractivity (Wildman–Crippen MR) is 299 cm³/mol. The first-order chi connectivity index (χ1) is 33.2. The van der Waals surface area contributed by atoms with Crippen molar-refractivity contribution >= 4 is 102 Å². The van der Waals surface area contributed by atoms with Crippen LogP contribution >= 0.6 is 54.5 Å². The van der Waals surface area contributed by atoms with E-state index in [-0.39, 0.29) is 15.1 Å². The Labute approximate surface area is 421 Å². The average molecular weight is 1070 g/mol. The van der Waals surface area contributed by atoms with Crippen LogP contribution in [0.5, 0.6) is 0 Å². The zero-order chi connectivity index (χ0) is 46.6. The molecule has 0 saturated carbocycles. The molecule has 336 valence electrons. The van der Waals surface area contributed by atoms with Gasteiger partial charge in [0.15, 0.2) is 0 Å². The number of halogens is 2. The summed E-state index contributed by atoms with van der Waals surface area (Å²) in [5.41, 5.74) is 5.18. The second-order valence-corrected chi connectivity index (χ2v) is 24.5. The maximum atomic E-state index is 5.18. The molecule has 8 heteroatoms. The van der Waals surface area contributed by atoms with Gasteiger partial charge < -0.3 is 5.73 Å². The van der Waals surface area contributed by atoms with Crippen LogP contribution in [0.1, 0.15) is 4.88 Å². The minimum Gasteiger partial charge on any atom is -0.0622 e. The Kier molecular flexibility index (Phi) is 23.3.